The van der Waals surface area contributed by atoms with Crippen molar-refractivity contribution in [1.29, 1.82) is 0 Å². The van der Waals surface area contributed by atoms with Gasteiger partial charge < -0.3 is 5.73 Å². The Morgan fingerprint density at radius 3 is 2.33 bits per heavy atom. The van der Waals surface area contributed by atoms with Crippen LogP contribution in [0.3, 0.4) is 0 Å². The summed E-state index contributed by atoms with van der Waals surface area (Å²) in [5.41, 5.74) is 7.75. The fourth-order valence-electron chi connectivity index (χ4n) is 1.75. The SMILES string of the molecule is Cc1cc(C(N)Cc2cc(F)cc(F)c2)sc1Br. The maximum Gasteiger partial charge on any atom is 0.126 e. The second-order valence-electron chi connectivity index (χ2n) is 4.19. The van der Waals surface area contributed by atoms with Crippen molar-refractivity contribution in [3.63, 3.8) is 0 Å². The second kappa shape index (κ2) is 5.47. The highest BCUT2D eigenvalue weighted by atomic mass is 79.9. The van der Waals surface area contributed by atoms with Gasteiger partial charge in [0, 0.05) is 17.0 Å². The van der Waals surface area contributed by atoms with Crippen molar-refractivity contribution in [2.45, 2.75) is 19.4 Å². The van der Waals surface area contributed by atoms with E-state index >= 15 is 0 Å². The zero-order valence-corrected chi connectivity index (χ0v) is 12.1. The Labute approximate surface area is 117 Å². The molecule has 0 spiro atoms. The van der Waals surface area contributed by atoms with E-state index < -0.39 is 11.6 Å². The van der Waals surface area contributed by atoms with Crippen LogP contribution >= 0.6 is 27.3 Å². The minimum atomic E-state index is -0.569. The summed E-state index contributed by atoms with van der Waals surface area (Å²) < 4.78 is 27.2. The van der Waals surface area contributed by atoms with Gasteiger partial charge in [-0.05, 0) is 58.6 Å². The number of hydrogen-bond donors (Lipinski definition) is 1. The molecule has 0 amide bonds. The van der Waals surface area contributed by atoms with Crippen molar-refractivity contribution < 1.29 is 8.78 Å². The van der Waals surface area contributed by atoms with Gasteiger partial charge in [0.25, 0.3) is 0 Å². The van der Waals surface area contributed by atoms with Crippen molar-refractivity contribution >= 4 is 27.3 Å². The minimum absolute atomic E-state index is 0.249. The van der Waals surface area contributed by atoms with E-state index in [-0.39, 0.29) is 6.04 Å². The van der Waals surface area contributed by atoms with Gasteiger partial charge in [0.1, 0.15) is 11.6 Å². The third-order valence-corrected chi connectivity index (χ3v) is 4.89. The first kappa shape index (κ1) is 13.6. The van der Waals surface area contributed by atoms with Gasteiger partial charge in [-0.2, -0.15) is 0 Å². The summed E-state index contributed by atoms with van der Waals surface area (Å²) in [7, 11) is 0. The minimum Gasteiger partial charge on any atom is -0.323 e. The molecular formula is C13H12BrF2NS. The van der Waals surface area contributed by atoms with Crippen molar-refractivity contribution in [2.24, 2.45) is 5.73 Å². The molecule has 0 saturated heterocycles. The molecule has 0 aliphatic rings. The van der Waals surface area contributed by atoms with Gasteiger partial charge in [0.15, 0.2) is 0 Å². The van der Waals surface area contributed by atoms with E-state index in [2.05, 4.69) is 15.9 Å². The van der Waals surface area contributed by atoms with Crippen LogP contribution in [0.4, 0.5) is 8.78 Å². The highest BCUT2D eigenvalue weighted by molar-refractivity contribution is 9.11. The van der Waals surface area contributed by atoms with Crippen LogP contribution in [0.2, 0.25) is 0 Å². The molecule has 1 aromatic carbocycles. The highest BCUT2D eigenvalue weighted by Crippen LogP contribution is 2.31. The van der Waals surface area contributed by atoms with Crippen LogP contribution in [0, 0.1) is 18.6 Å². The fraction of sp³-hybridized carbons (Fsp3) is 0.231. The fourth-order valence-corrected chi connectivity index (χ4v) is 3.32. The molecule has 0 aliphatic heterocycles. The van der Waals surface area contributed by atoms with Crippen LogP contribution < -0.4 is 5.73 Å². The Kier molecular flexibility index (Phi) is 4.14. The number of rotatable bonds is 3. The van der Waals surface area contributed by atoms with Gasteiger partial charge in [0.2, 0.25) is 0 Å². The Bertz CT molecular complexity index is 528. The average Bonchev–Trinajstić information content (AvgIpc) is 2.57. The summed E-state index contributed by atoms with van der Waals surface area (Å²) in [5, 5.41) is 0. The first-order chi connectivity index (χ1) is 8.45. The van der Waals surface area contributed by atoms with Gasteiger partial charge in [-0.1, -0.05) is 0 Å². The van der Waals surface area contributed by atoms with E-state index in [4.69, 9.17) is 5.73 Å². The first-order valence-electron chi connectivity index (χ1n) is 5.42. The Hall–Kier alpha value is -0.780. The standard InChI is InChI=1S/C13H12BrF2NS/c1-7-2-12(18-13(7)14)11(17)5-8-3-9(15)6-10(16)4-8/h2-4,6,11H,5,17H2,1H3. The van der Waals surface area contributed by atoms with E-state index in [9.17, 15) is 8.78 Å². The van der Waals surface area contributed by atoms with Gasteiger partial charge in [-0.3, -0.25) is 0 Å². The van der Waals surface area contributed by atoms with Crippen molar-refractivity contribution in [3.05, 3.63) is 55.7 Å². The number of nitrogens with two attached hydrogens (primary N) is 1. The predicted octanol–water partition coefficient (Wildman–Crippen LogP) is 4.34. The molecule has 5 heteroatoms. The van der Waals surface area contributed by atoms with Crippen LogP contribution in [-0.2, 0) is 6.42 Å². The lowest BCUT2D eigenvalue weighted by atomic mass is 10.0. The Morgan fingerprint density at radius 2 is 1.83 bits per heavy atom. The lowest BCUT2D eigenvalue weighted by Gasteiger charge is -2.09. The number of aryl methyl sites for hydroxylation is 1. The zero-order chi connectivity index (χ0) is 13.3. The summed E-state index contributed by atoms with van der Waals surface area (Å²) in [4.78, 5) is 1.00. The molecule has 2 aromatic rings. The Balaban J connectivity index is 2.18. The van der Waals surface area contributed by atoms with Gasteiger partial charge in [-0.25, -0.2) is 8.78 Å². The number of benzene rings is 1. The topological polar surface area (TPSA) is 26.0 Å². The summed E-state index contributed by atoms with van der Waals surface area (Å²) in [6.45, 7) is 1.98. The summed E-state index contributed by atoms with van der Waals surface area (Å²) in [5.74, 6) is -1.14. The molecule has 0 saturated carbocycles. The van der Waals surface area contributed by atoms with E-state index in [1.54, 1.807) is 11.3 Å². The van der Waals surface area contributed by atoms with Crippen molar-refractivity contribution in [1.82, 2.24) is 0 Å². The van der Waals surface area contributed by atoms with Crippen LogP contribution in [-0.4, -0.2) is 0 Å². The maximum absolute atomic E-state index is 13.1. The molecule has 0 aliphatic carbocycles. The molecule has 0 fully saturated rings. The highest BCUT2D eigenvalue weighted by Gasteiger charge is 2.13. The molecular weight excluding hydrogens is 320 g/mol. The second-order valence-corrected chi connectivity index (χ2v) is 6.60. The smallest absolute Gasteiger partial charge is 0.126 e. The molecule has 1 aromatic heterocycles. The molecule has 2 N–H and O–H groups in total. The third-order valence-electron chi connectivity index (χ3n) is 2.62. The molecule has 1 atom stereocenters. The van der Waals surface area contributed by atoms with Crippen molar-refractivity contribution in [2.75, 3.05) is 0 Å². The van der Waals surface area contributed by atoms with E-state index in [1.807, 2.05) is 13.0 Å². The summed E-state index contributed by atoms with van der Waals surface area (Å²) in [6, 6.07) is 5.24. The largest absolute Gasteiger partial charge is 0.323 e. The van der Waals surface area contributed by atoms with Gasteiger partial charge >= 0.3 is 0 Å². The van der Waals surface area contributed by atoms with Crippen LogP contribution in [0.15, 0.2) is 28.1 Å². The van der Waals surface area contributed by atoms with Crippen LogP contribution in [0.1, 0.15) is 22.0 Å². The molecule has 96 valence electrons. The quantitative estimate of drug-likeness (QED) is 0.889. The lowest BCUT2D eigenvalue weighted by molar-refractivity contribution is 0.577. The maximum atomic E-state index is 13.1. The number of hydrogen-bond acceptors (Lipinski definition) is 2. The van der Waals surface area contributed by atoms with E-state index in [0.717, 1.165) is 20.3 Å². The monoisotopic (exact) mass is 331 g/mol. The van der Waals surface area contributed by atoms with Crippen LogP contribution in [0.5, 0.6) is 0 Å². The number of thiophene rings is 1. The molecule has 0 bridgehead atoms. The van der Waals surface area contributed by atoms with Gasteiger partial charge in [0.05, 0.1) is 3.79 Å². The Morgan fingerprint density at radius 1 is 1.22 bits per heavy atom. The van der Waals surface area contributed by atoms with E-state index in [1.165, 1.54) is 12.1 Å². The normalized spacial score (nSPS) is 12.7. The zero-order valence-electron chi connectivity index (χ0n) is 9.71. The van der Waals surface area contributed by atoms with Gasteiger partial charge in [-0.15, -0.1) is 11.3 Å². The van der Waals surface area contributed by atoms with Crippen molar-refractivity contribution in [3.8, 4) is 0 Å². The first-order valence-corrected chi connectivity index (χ1v) is 7.03. The molecule has 0 radical (unpaired) electrons. The molecule has 1 unspecified atom stereocenters. The number of halogens is 3. The molecule has 2 rings (SSSR count). The predicted molar refractivity (Wildman–Crippen MR) is 73.7 cm³/mol. The summed E-state index contributed by atoms with van der Waals surface area (Å²) in [6.07, 6.45) is 0.418. The third kappa shape index (κ3) is 3.16. The summed E-state index contributed by atoms with van der Waals surface area (Å²) >= 11 is 4.99. The lowest BCUT2D eigenvalue weighted by Crippen LogP contribution is -2.12. The molecule has 1 heterocycles. The average molecular weight is 332 g/mol. The van der Waals surface area contributed by atoms with E-state index in [0.29, 0.717) is 12.0 Å². The molecule has 18 heavy (non-hydrogen) atoms. The van der Waals surface area contributed by atoms with Crippen LogP contribution in [0.25, 0.3) is 0 Å². The molecule has 1 nitrogen and oxygen atoms in total.